The van der Waals surface area contributed by atoms with E-state index in [1.165, 1.54) is 10.6 Å². The van der Waals surface area contributed by atoms with Crippen molar-refractivity contribution in [1.82, 2.24) is 4.67 Å². The molecule has 0 bridgehead atoms. The van der Waals surface area contributed by atoms with Crippen LogP contribution in [0, 0.1) is 0 Å². The monoisotopic (exact) mass is 243 g/mol. The van der Waals surface area contributed by atoms with Crippen molar-refractivity contribution in [3.63, 3.8) is 0 Å². The zero-order chi connectivity index (χ0) is 12.1. The van der Waals surface area contributed by atoms with Crippen LogP contribution >= 0.6 is 8.07 Å². The third-order valence-corrected chi connectivity index (χ3v) is 5.34. The van der Waals surface area contributed by atoms with Crippen molar-refractivity contribution in [2.75, 3.05) is 13.6 Å². The van der Waals surface area contributed by atoms with E-state index in [0.29, 0.717) is 0 Å². The van der Waals surface area contributed by atoms with E-state index in [2.05, 4.69) is 79.3 Å². The fourth-order valence-corrected chi connectivity index (χ4v) is 4.10. The molecule has 0 unspecified atom stereocenters. The van der Waals surface area contributed by atoms with Gasteiger partial charge in [-0.15, -0.1) is 0 Å². The van der Waals surface area contributed by atoms with Gasteiger partial charge < -0.3 is 0 Å². The largest absolute Gasteiger partial charge is 0.278 e. The predicted octanol–water partition coefficient (Wildman–Crippen LogP) is 2.99. The van der Waals surface area contributed by atoms with E-state index < -0.39 is 0 Å². The molecule has 0 fully saturated rings. The van der Waals surface area contributed by atoms with Gasteiger partial charge in [0.2, 0.25) is 0 Å². The average Bonchev–Trinajstić information content (AvgIpc) is 2.41. The Bertz CT molecular complexity index is 401. The number of hydrogen-bond acceptors (Lipinski definition) is 1. The molecular formula is C15H18NP. The first-order chi connectivity index (χ1) is 8.33. The van der Waals surface area contributed by atoms with Gasteiger partial charge in [-0.2, -0.15) is 0 Å². The van der Waals surface area contributed by atoms with E-state index in [9.17, 15) is 0 Å². The van der Waals surface area contributed by atoms with E-state index in [-0.39, 0.29) is 8.07 Å². The second kappa shape index (κ2) is 5.95. The van der Waals surface area contributed by atoms with Crippen LogP contribution in [0.2, 0.25) is 0 Å². The number of hydrogen-bond donors (Lipinski definition) is 0. The highest BCUT2D eigenvalue weighted by atomic mass is 31.1. The molecule has 0 aliphatic rings. The lowest BCUT2D eigenvalue weighted by atomic mass is 10.4. The highest BCUT2D eigenvalue weighted by Crippen LogP contribution is 2.36. The molecule has 0 amide bonds. The molecule has 17 heavy (non-hydrogen) atoms. The van der Waals surface area contributed by atoms with Crippen LogP contribution in [0.3, 0.4) is 0 Å². The van der Waals surface area contributed by atoms with Gasteiger partial charge in [0.05, 0.1) is 0 Å². The van der Waals surface area contributed by atoms with Crippen molar-refractivity contribution in [3.8, 4) is 0 Å². The summed E-state index contributed by atoms with van der Waals surface area (Å²) in [5.41, 5.74) is 0. The Morgan fingerprint density at radius 2 is 1.24 bits per heavy atom. The molecular weight excluding hydrogens is 225 g/mol. The van der Waals surface area contributed by atoms with Crippen LogP contribution in [0.4, 0.5) is 0 Å². The molecule has 2 aromatic carbocycles. The summed E-state index contributed by atoms with van der Waals surface area (Å²) in [6, 6.07) is 21.6. The Balaban J connectivity index is 2.39. The van der Waals surface area contributed by atoms with Crippen LogP contribution in [0.15, 0.2) is 60.7 Å². The van der Waals surface area contributed by atoms with E-state index in [4.69, 9.17) is 0 Å². The van der Waals surface area contributed by atoms with Gasteiger partial charge in [0.15, 0.2) is 0 Å². The molecule has 0 saturated carbocycles. The van der Waals surface area contributed by atoms with Crippen LogP contribution in [0.5, 0.6) is 0 Å². The van der Waals surface area contributed by atoms with Crippen LogP contribution in [-0.2, 0) is 0 Å². The fraction of sp³-hybridized carbons (Fsp3) is 0.200. The minimum atomic E-state index is -0.379. The van der Waals surface area contributed by atoms with Crippen LogP contribution in [0.1, 0.15) is 6.92 Å². The van der Waals surface area contributed by atoms with Crippen LogP contribution in [-0.4, -0.2) is 18.3 Å². The Morgan fingerprint density at radius 3 is 1.59 bits per heavy atom. The third-order valence-electron chi connectivity index (χ3n) is 2.80. The molecule has 0 saturated heterocycles. The van der Waals surface area contributed by atoms with Crippen molar-refractivity contribution >= 4 is 18.7 Å². The van der Waals surface area contributed by atoms with Crippen molar-refractivity contribution in [1.29, 1.82) is 0 Å². The molecule has 2 heteroatoms. The van der Waals surface area contributed by atoms with E-state index in [1.807, 2.05) is 0 Å². The lowest BCUT2D eigenvalue weighted by Crippen LogP contribution is -2.25. The highest BCUT2D eigenvalue weighted by Gasteiger charge is 2.17. The predicted molar refractivity (Wildman–Crippen MR) is 77.4 cm³/mol. The summed E-state index contributed by atoms with van der Waals surface area (Å²) in [5.74, 6) is 0. The number of benzene rings is 2. The van der Waals surface area contributed by atoms with Crippen LogP contribution < -0.4 is 10.6 Å². The molecule has 0 aromatic heterocycles. The van der Waals surface area contributed by atoms with E-state index in [0.717, 1.165) is 6.54 Å². The smallest absolute Gasteiger partial charge is 0.0278 e. The molecule has 0 atom stereocenters. The Hall–Kier alpha value is -1.17. The number of rotatable bonds is 4. The van der Waals surface area contributed by atoms with Gasteiger partial charge >= 0.3 is 0 Å². The minimum absolute atomic E-state index is 0.379. The zero-order valence-electron chi connectivity index (χ0n) is 10.4. The van der Waals surface area contributed by atoms with Gasteiger partial charge in [0.1, 0.15) is 0 Å². The maximum absolute atomic E-state index is 2.43. The van der Waals surface area contributed by atoms with Crippen LogP contribution in [0.25, 0.3) is 0 Å². The lowest BCUT2D eigenvalue weighted by molar-refractivity contribution is 0.591. The van der Waals surface area contributed by atoms with E-state index in [1.54, 1.807) is 0 Å². The maximum Gasteiger partial charge on any atom is 0.0278 e. The zero-order valence-corrected chi connectivity index (χ0v) is 11.3. The molecule has 0 radical (unpaired) electrons. The van der Waals surface area contributed by atoms with Gasteiger partial charge in [-0.1, -0.05) is 67.6 Å². The molecule has 2 rings (SSSR count). The van der Waals surface area contributed by atoms with Gasteiger partial charge in [0.25, 0.3) is 0 Å². The summed E-state index contributed by atoms with van der Waals surface area (Å²) >= 11 is 0. The normalized spacial score (nSPS) is 11.1. The fourth-order valence-electron chi connectivity index (χ4n) is 1.82. The molecule has 1 nitrogen and oxygen atoms in total. The summed E-state index contributed by atoms with van der Waals surface area (Å²) in [6.45, 7) is 3.27. The Morgan fingerprint density at radius 1 is 0.824 bits per heavy atom. The highest BCUT2D eigenvalue weighted by molar-refractivity contribution is 7.70. The molecule has 0 spiro atoms. The van der Waals surface area contributed by atoms with Gasteiger partial charge in [0, 0.05) is 8.07 Å². The summed E-state index contributed by atoms with van der Waals surface area (Å²) in [5, 5.41) is 2.83. The maximum atomic E-state index is 2.43. The van der Waals surface area contributed by atoms with Crippen molar-refractivity contribution in [3.05, 3.63) is 60.7 Å². The lowest BCUT2D eigenvalue weighted by Gasteiger charge is -2.27. The molecule has 0 aliphatic heterocycles. The molecule has 88 valence electrons. The number of nitrogens with zero attached hydrogens (tertiary/aromatic N) is 1. The van der Waals surface area contributed by atoms with Gasteiger partial charge in [-0.05, 0) is 24.2 Å². The average molecular weight is 243 g/mol. The summed E-state index contributed by atoms with van der Waals surface area (Å²) in [4.78, 5) is 0. The molecule has 0 N–H and O–H groups in total. The molecule has 0 heterocycles. The SMILES string of the molecule is CCN(C)P(c1ccccc1)c1ccccc1. The van der Waals surface area contributed by atoms with Crippen molar-refractivity contribution in [2.45, 2.75) is 6.92 Å². The molecule has 2 aromatic rings. The Labute approximate surface area is 105 Å². The standard InChI is InChI=1S/C15H18NP/c1-3-16(2)17(14-10-6-4-7-11-14)15-12-8-5-9-13-15/h4-13H,3H2,1-2H3. The van der Waals surface area contributed by atoms with E-state index >= 15 is 0 Å². The van der Waals surface area contributed by atoms with Gasteiger partial charge in [-0.25, -0.2) is 0 Å². The summed E-state index contributed by atoms with van der Waals surface area (Å²) in [7, 11) is 1.82. The van der Waals surface area contributed by atoms with Crippen molar-refractivity contribution in [2.24, 2.45) is 0 Å². The first kappa shape index (κ1) is 12.3. The summed E-state index contributed by atoms with van der Waals surface area (Å²) < 4.78 is 2.43. The first-order valence-electron chi connectivity index (χ1n) is 5.94. The summed E-state index contributed by atoms with van der Waals surface area (Å²) in [6.07, 6.45) is 0. The van der Waals surface area contributed by atoms with Crippen molar-refractivity contribution < 1.29 is 0 Å². The first-order valence-corrected chi connectivity index (χ1v) is 7.23. The topological polar surface area (TPSA) is 3.24 Å². The second-order valence-corrected chi connectivity index (χ2v) is 6.30. The Kier molecular flexibility index (Phi) is 4.30. The minimum Gasteiger partial charge on any atom is -0.278 e. The second-order valence-electron chi connectivity index (χ2n) is 3.96. The quantitative estimate of drug-likeness (QED) is 0.746. The third kappa shape index (κ3) is 2.94. The van der Waals surface area contributed by atoms with Gasteiger partial charge in [-0.3, -0.25) is 4.67 Å². The molecule has 0 aliphatic carbocycles.